The van der Waals surface area contributed by atoms with Crippen molar-refractivity contribution in [3.63, 3.8) is 0 Å². The van der Waals surface area contributed by atoms with E-state index in [1.165, 1.54) is 0 Å². The van der Waals surface area contributed by atoms with Crippen LogP contribution in [0.2, 0.25) is 0 Å². The number of rotatable bonds is 3. The van der Waals surface area contributed by atoms with Crippen molar-refractivity contribution in [3.05, 3.63) is 29.8 Å². The number of aromatic hydroxyl groups is 1. The Bertz CT molecular complexity index is 228. The zero-order valence-electron chi connectivity index (χ0n) is 6.86. The van der Waals surface area contributed by atoms with Crippen LogP contribution in [0.5, 0.6) is 5.75 Å². The molecule has 0 unspecified atom stereocenters. The Hall–Kier alpha value is -0.540. The summed E-state index contributed by atoms with van der Waals surface area (Å²) in [5.41, 5.74) is 6.50. The van der Waals surface area contributed by atoms with Gasteiger partial charge < -0.3 is 10.8 Å². The number of nitrogens with two attached hydrogens (primary N) is 1. The molecule has 0 aromatic heterocycles. The van der Waals surface area contributed by atoms with Gasteiger partial charge in [-0.1, -0.05) is 12.1 Å². The van der Waals surface area contributed by atoms with Crippen LogP contribution < -0.4 is 5.73 Å². The molecule has 1 aromatic rings. The molecule has 3 heteroatoms. The minimum absolute atomic E-state index is 0. The van der Waals surface area contributed by atoms with Crippen molar-refractivity contribution in [1.29, 1.82) is 0 Å². The van der Waals surface area contributed by atoms with Crippen molar-refractivity contribution in [1.82, 2.24) is 0 Å². The molecule has 1 aromatic carbocycles. The average molecular weight is 232 g/mol. The van der Waals surface area contributed by atoms with Gasteiger partial charge >= 0.3 is 0 Å². The SMILES string of the molecule is Br.NCCCc1cccc(O)c1. The number of halogens is 1. The lowest BCUT2D eigenvalue weighted by Gasteiger charge is -1.99. The molecule has 0 amide bonds. The lowest BCUT2D eigenvalue weighted by Crippen LogP contribution is -1.99. The van der Waals surface area contributed by atoms with Gasteiger partial charge in [0, 0.05) is 0 Å². The van der Waals surface area contributed by atoms with E-state index in [1.807, 2.05) is 12.1 Å². The van der Waals surface area contributed by atoms with E-state index in [9.17, 15) is 0 Å². The first-order valence-electron chi connectivity index (χ1n) is 3.81. The van der Waals surface area contributed by atoms with Crippen molar-refractivity contribution in [2.45, 2.75) is 12.8 Å². The highest BCUT2D eigenvalue weighted by Gasteiger charge is 1.92. The molecule has 0 saturated carbocycles. The third kappa shape index (κ3) is 3.74. The molecule has 0 atom stereocenters. The van der Waals surface area contributed by atoms with Crippen molar-refractivity contribution in [2.75, 3.05) is 6.54 Å². The van der Waals surface area contributed by atoms with Gasteiger partial charge in [0.05, 0.1) is 0 Å². The Morgan fingerprint density at radius 3 is 2.67 bits per heavy atom. The standard InChI is InChI=1S/C9H13NO.BrH/c10-6-2-4-8-3-1-5-9(11)7-8;/h1,3,5,7,11H,2,4,6,10H2;1H. The van der Waals surface area contributed by atoms with E-state index >= 15 is 0 Å². The Balaban J connectivity index is 0.00000121. The third-order valence-electron chi connectivity index (χ3n) is 1.58. The molecule has 0 aliphatic carbocycles. The number of hydrogen-bond donors (Lipinski definition) is 2. The maximum absolute atomic E-state index is 9.08. The minimum atomic E-state index is 0. The number of benzene rings is 1. The van der Waals surface area contributed by atoms with Gasteiger partial charge in [0.25, 0.3) is 0 Å². The highest BCUT2D eigenvalue weighted by molar-refractivity contribution is 8.93. The predicted octanol–water partition coefficient (Wildman–Crippen LogP) is 1.86. The molecule has 0 radical (unpaired) electrons. The highest BCUT2D eigenvalue weighted by Crippen LogP contribution is 2.11. The van der Waals surface area contributed by atoms with Gasteiger partial charge in [-0.25, -0.2) is 0 Å². The fourth-order valence-corrected chi connectivity index (χ4v) is 1.02. The number of phenolic OH excluding ortho intramolecular Hbond substituents is 1. The van der Waals surface area contributed by atoms with Gasteiger partial charge in [0.1, 0.15) is 5.75 Å². The molecule has 0 fully saturated rings. The fourth-order valence-electron chi connectivity index (χ4n) is 1.02. The molecule has 68 valence electrons. The van der Waals surface area contributed by atoms with Crippen LogP contribution >= 0.6 is 17.0 Å². The molecular weight excluding hydrogens is 218 g/mol. The summed E-state index contributed by atoms with van der Waals surface area (Å²) in [5.74, 6) is 0.333. The summed E-state index contributed by atoms with van der Waals surface area (Å²) in [6, 6.07) is 7.29. The van der Waals surface area contributed by atoms with Crippen molar-refractivity contribution < 1.29 is 5.11 Å². The van der Waals surface area contributed by atoms with Gasteiger partial charge in [0.15, 0.2) is 0 Å². The van der Waals surface area contributed by atoms with E-state index in [0.29, 0.717) is 12.3 Å². The van der Waals surface area contributed by atoms with Gasteiger partial charge in [-0.15, -0.1) is 17.0 Å². The predicted molar refractivity (Wildman–Crippen MR) is 55.8 cm³/mol. The van der Waals surface area contributed by atoms with Crippen LogP contribution in [0.4, 0.5) is 0 Å². The lowest BCUT2D eigenvalue weighted by atomic mass is 10.1. The molecule has 0 aliphatic heterocycles. The van der Waals surface area contributed by atoms with Crippen LogP contribution in [-0.2, 0) is 6.42 Å². The topological polar surface area (TPSA) is 46.2 Å². The third-order valence-corrected chi connectivity index (χ3v) is 1.58. The molecule has 12 heavy (non-hydrogen) atoms. The quantitative estimate of drug-likeness (QED) is 0.835. The van der Waals surface area contributed by atoms with Crippen LogP contribution in [-0.4, -0.2) is 11.7 Å². The summed E-state index contributed by atoms with van der Waals surface area (Å²) in [6.07, 6.45) is 1.92. The van der Waals surface area contributed by atoms with E-state index in [1.54, 1.807) is 12.1 Å². The van der Waals surface area contributed by atoms with E-state index in [0.717, 1.165) is 18.4 Å². The minimum Gasteiger partial charge on any atom is -0.508 e. The zero-order chi connectivity index (χ0) is 8.10. The van der Waals surface area contributed by atoms with Crippen molar-refractivity contribution in [3.8, 4) is 5.75 Å². The largest absolute Gasteiger partial charge is 0.508 e. The molecule has 0 aliphatic rings. The molecule has 1 rings (SSSR count). The van der Waals surface area contributed by atoms with E-state index in [4.69, 9.17) is 10.8 Å². The molecule has 0 saturated heterocycles. The van der Waals surface area contributed by atoms with E-state index < -0.39 is 0 Å². The van der Waals surface area contributed by atoms with Crippen LogP contribution in [0.15, 0.2) is 24.3 Å². The maximum Gasteiger partial charge on any atom is 0.115 e. The molecule has 0 bridgehead atoms. The molecule has 0 heterocycles. The molecule has 0 spiro atoms. The number of phenols is 1. The summed E-state index contributed by atoms with van der Waals surface area (Å²) in [5, 5.41) is 9.08. The fraction of sp³-hybridized carbons (Fsp3) is 0.333. The first-order valence-corrected chi connectivity index (χ1v) is 3.81. The van der Waals surface area contributed by atoms with E-state index in [2.05, 4.69) is 0 Å². The molecule has 2 nitrogen and oxygen atoms in total. The molecule has 3 N–H and O–H groups in total. The van der Waals surface area contributed by atoms with Crippen LogP contribution in [0.1, 0.15) is 12.0 Å². The molecular formula is C9H14BrNO. The zero-order valence-corrected chi connectivity index (χ0v) is 8.58. The van der Waals surface area contributed by atoms with Gasteiger partial charge in [0.2, 0.25) is 0 Å². The van der Waals surface area contributed by atoms with Crippen LogP contribution in [0, 0.1) is 0 Å². The summed E-state index contributed by atoms with van der Waals surface area (Å²) in [7, 11) is 0. The Morgan fingerprint density at radius 2 is 2.08 bits per heavy atom. The highest BCUT2D eigenvalue weighted by atomic mass is 79.9. The van der Waals surface area contributed by atoms with Crippen molar-refractivity contribution >= 4 is 17.0 Å². The van der Waals surface area contributed by atoms with Crippen molar-refractivity contribution in [2.24, 2.45) is 5.73 Å². The summed E-state index contributed by atoms with van der Waals surface area (Å²) in [4.78, 5) is 0. The second kappa shape index (κ2) is 6.03. The Morgan fingerprint density at radius 1 is 1.33 bits per heavy atom. The number of hydrogen-bond acceptors (Lipinski definition) is 2. The second-order valence-electron chi connectivity index (χ2n) is 2.56. The van der Waals surface area contributed by atoms with Crippen LogP contribution in [0.3, 0.4) is 0 Å². The van der Waals surface area contributed by atoms with Gasteiger partial charge in [-0.05, 0) is 37.1 Å². The first-order chi connectivity index (χ1) is 5.33. The van der Waals surface area contributed by atoms with Gasteiger partial charge in [-0.2, -0.15) is 0 Å². The van der Waals surface area contributed by atoms with Crippen LogP contribution in [0.25, 0.3) is 0 Å². The first kappa shape index (κ1) is 11.5. The Labute approximate surface area is 83.2 Å². The summed E-state index contributed by atoms with van der Waals surface area (Å²) >= 11 is 0. The number of aryl methyl sites for hydroxylation is 1. The monoisotopic (exact) mass is 231 g/mol. The smallest absolute Gasteiger partial charge is 0.115 e. The van der Waals surface area contributed by atoms with E-state index in [-0.39, 0.29) is 17.0 Å². The summed E-state index contributed by atoms with van der Waals surface area (Å²) < 4.78 is 0. The lowest BCUT2D eigenvalue weighted by molar-refractivity contribution is 0.474. The average Bonchev–Trinajstić information content (AvgIpc) is 2.01. The normalized spacial score (nSPS) is 9.08. The Kier molecular flexibility index (Phi) is 5.76. The maximum atomic E-state index is 9.08. The summed E-state index contributed by atoms with van der Waals surface area (Å²) in [6.45, 7) is 0.704. The van der Waals surface area contributed by atoms with Gasteiger partial charge in [-0.3, -0.25) is 0 Å². The second-order valence-corrected chi connectivity index (χ2v) is 2.56.